The van der Waals surface area contributed by atoms with Crippen LogP contribution in [0.4, 0.5) is 5.69 Å². The van der Waals surface area contributed by atoms with Crippen molar-refractivity contribution in [1.82, 2.24) is 5.43 Å². The maximum Gasteiger partial charge on any atom is 0.184 e. The van der Waals surface area contributed by atoms with E-state index in [1.54, 1.807) is 18.3 Å². The highest BCUT2D eigenvalue weighted by Gasteiger charge is 1.87. The predicted molar refractivity (Wildman–Crippen MR) is 58.4 cm³/mol. The Labute approximate surface area is 81.6 Å². The van der Waals surface area contributed by atoms with Crippen molar-refractivity contribution in [2.75, 3.05) is 5.73 Å². The Bertz CT molecular complexity index is 335. The van der Waals surface area contributed by atoms with Crippen LogP contribution < -0.4 is 16.9 Å². The topological polar surface area (TPSA) is 76.4 Å². The fourth-order valence-electron chi connectivity index (χ4n) is 0.810. The molecule has 13 heavy (non-hydrogen) atoms. The van der Waals surface area contributed by atoms with E-state index >= 15 is 0 Å². The van der Waals surface area contributed by atoms with Crippen LogP contribution in [0.2, 0.25) is 0 Å². The molecule has 1 aromatic carbocycles. The number of benzene rings is 1. The Hall–Kier alpha value is -1.62. The summed E-state index contributed by atoms with van der Waals surface area (Å²) in [5.41, 5.74) is 14.8. The zero-order valence-corrected chi connectivity index (χ0v) is 7.71. The van der Waals surface area contributed by atoms with E-state index in [4.69, 9.17) is 11.5 Å². The van der Waals surface area contributed by atoms with Crippen molar-refractivity contribution >= 4 is 29.2 Å². The molecular weight excluding hydrogens is 184 g/mol. The zero-order chi connectivity index (χ0) is 9.68. The number of nitrogens with one attached hydrogen (secondary N) is 1. The highest BCUT2D eigenvalue weighted by molar-refractivity contribution is 7.80. The van der Waals surface area contributed by atoms with E-state index in [2.05, 4.69) is 22.7 Å². The Balaban J connectivity index is 2.63. The average Bonchev–Trinajstić information content (AvgIpc) is 2.03. The van der Waals surface area contributed by atoms with Crippen LogP contribution in [0.25, 0.3) is 0 Å². The van der Waals surface area contributed by atoms with Crippen LogP contribution in [0.3, 0.4) is 0 Å². The Kier molecular flexibility index (Phi) is 3.22. The van der Waals surface area contributed by atoms with Gasteiger partial charge in [-0.15, -0.1) is 0 Å². The van der Waals surface area contributed by atoms with Gasteiger partial charge in [-0.25, -0.2) is 0 Å². The van der Waals surface area contributed by atoms with Crippen LogP contribution in [0.15, 0.2) is 29.4 Å². The third kappa shape index (κ3) is 3.53. The Morgan fingerprint density at radius 1 is 1.54 bits per heavy atom. The molecule has 0 unspecified atom stereocenters. The molecule has 0 fully saturated rings. The lowest BCUT2D eigenvalue weighted by Crippen LogP contribution is -2.23. The molecule has 0 aliphatic carbocycles. The van der Waals surface area contributed by atoms with Gasteiger partial charge in [0.15, 0.2) is 5.11 Å². The molecule has 5 heteroatoms. The summed E-state index contributed by atoms with van der Waals surface area (Å²) in [6.07, 6.45) is 1.59. The number of nitrogens with two attached hydrogens (primary N) is 2. The average molecular weight is 194 g/mol. The number of hydrogen-bond acceptors (Lipinski definition) is 3. The van der Waals surface area contributed by atoms with Crippen LogP contribution in [-0.2, 0) is 0 Å². The SMILES string of the molecule is NC(=S)NN=Cc1cccc(N)c1. The second kappa shape index (κ2) is 4.42. The molecule has 0 heterocycles. The molecule has 0 radical (unpaired) electrons. The molecule has 0 aliphatic heterocycles. The van der Waals surface area contributed by atoms with Gasteiger partial charge in [-0.1, -0.05) is 12.1 Å². The molecule has 0 saturated heterocycles. The van der Waals surface area contributed by atoms with Crippen molar-refractivity contribution in [3.8, 4) is 0 Å². The van der Waals surface area contributed by atoms with Gasteiger partial charge in [-0.05, 0) is 29.9 Å². The van der Waals surface area contributed by atoms with Crippen LogP contribution in [0.5, 0.6) is 0 Å². The Morgan fingerprint density at radius 2 is 2.31 bits per heavy atom. The van der Waals surface area contributed by atoms with Gasteiger partial charge in [0.2, 0.25) is 0 Å². The summed E-state index contributed by atoms with van der Waals surface area (Å²) in [6, 6.07) is 7.32. The first-order valence-corrected chi connectivity index (χ1v) is 4.03. The predicted octanol–water partition coefficient (Wildman–Crippen LogP) is 0.436. The molecule has 1 aromatic rings. The standard InChI is InChI=1S/C8H10N4S/c9-7-3-1-2-6(4-7)5-11-12-8(10)13/h1-5H,9H2,(H3,10,12,13). The number of thiocarbonyl (C=S) groups is 1. The largest absolute Gasteiger partial charge is 0.399 e. The molecule has 0 amide bonds. The molecule has 68 valence electrons. The van der Waals surface area contributed by atoms with Gasteiger partial charge < -0.3 is 11.5 Å². The fraction of sp³-hybridized carbons (Fsp3) is 0. The summed E-state index contributed by atoms with van der Waals surface area (Å²) < 4.78 is 0. The van der Waals surface area contributed by atoms with Gasteiger partial charge in [0.05, 0.1) is 6.21 Å². The number of nitrogen functional groups attached to an aromatic ring is 1. The fourth-order valence-corrected chi connectivity index (χ4v) is 0.862. The summed E-state index contributed by atoms with van der Waals surface area (Å²) in [4.78, 5) is 0. The first kappa shape index (κ1) is 9.47. The van der Waals surface area contributed by atoms with Crippen molar-refractivity contribution in [1.29, 1.82) is 0 Å². The first-order chi connectivity index (χ1) is 6.18. The summed E-state index contributed by atoms with van der Waals surface area (Å²) >= 11 is 4.56. The van der Waals surface area contributed by atoms with Crippen molar-refractivity contribution < 1.29 is 0 Å². The number of rotatable bonds is 2. The van der Waals surface area contributed by atoms with Gasteiger partial charge in [0, 0.05) is 5.69 Å². The molecule has 5 N–H and O–H groups in total. The van der Waals surface area contributed by atoms with E-state index in [0.29, 0.717) is 5.69 Å². The van der Waals surface area contributed by atoms with Crippen molar-refractivity contribution in [2.45, 2.75) is 0 Å². The van der Waals surface area contributed by atoms with Gasteiger partial charge >= 0.3 is 0 Å². The lowest BCUT2D eigenvalue weighted by Gasteiger charge is -1.96. The quantitative estimate of drug-likeness (QED) is 0.276. The van der Waals surface area contributed by atoms with E-state index in [0.717, 1.165) is 5.56 Å². The third-order valence-corrected chi connectivity index (χ3v) is 1.39. The Morgan fingerprint density at radius 3 is 2.92 bits per heavy atom. The minimum Gasteiger partial charge on any atom is -0.399 e. The minimum atomic E-state index is 0.139. The van der Waals surface area contributed by atoms with Crippen LogP contribution in [0, 0.1) is 0 Å². The van der Waals surface area contributed by atoms with E-state index in [9.17, 15) is 0 Å². The zero-order valence-electron chi connectivity index (χ0n) is 6.90. The molecule has 0 aromatic heterocycles. The van der Waals surface area contributed by atoms with Gasteiger partial charge in [0.25, 0.3) is 0 Å². The van der Waals surface area contributed by atoms with Crippen molar-refractivity contribution in [3.63, 3.8) is 0 Å². The third-order valence-electron chi connectivity index (χ3n) is 1.30. The number of anilines is 1. The van der Waals surface area contributed by atoms with Gasteiger partial charge in [-0.3, -0.25) is 5.43 Å². The van der Waals surface area contributed by atoms with E-state index in [1.807, 2.05) is 12.1 Å². The highest BCUT2D eigenvalue weighted by atomic mass is 32.1. The summed E-state index contributed by atoms with van der Waals surface area (Å²) in [5, 5.41) is 3.92. The molecule has 0 saturated carbocycles. The molecule has 1 rings (SSSR count). The smallest absolute Gasteiger partial charge is 0.184 e. The molecular formula is C8H10N4S. The molecule has 0 aliphatic rings. The molecule has 0 bridgehead atoms. The lowest BCUT2D eigenvalue weighted by molar-refractivity contribution is 1.04. The van der Waals surface area contributed by atoms with Gasteiger partial charge in [0.1, 0.15) is 0 Å². The molecule has 4 nitrogen and oxygen atoms in total. The number of nitrogens with zero attached hydrogens (tertiary/aromatic N) is 1. The summed E-state index contributed by atoms with van der Waals surface area (Å²) in [6.45, 7) is 0. The van der Waals surface area contributed by atoms with E-state index < -0.39 is 0 Å². The normalized spacial score (nSPS) is 10.2. The maximum atomic E-state index is 5.56. The van der Waals surface area contributed by atoms with Crippen LogP contribution >= 0.6 is 12.2 Å². The minimum absolute atomic E-state index is 0.139. The second-order valence-corrected chi connectivity index (χ2v) is 2.84. The number of hydrogen-bond donors (Lipinski definition) is 3. The highest BCUT2D eigenvalue weighted by Crippen LogP contribution is 2.03. The first-order valence-electron chi connectivity index (χ1n) is 3.62. The van der Waals surface area contributed by atoms with Crippen LogP contribution in [0.1, 0.15) is 5.56 Å². The summed E-state index contributed by atoms with van der Waals surface area (Å²) in [7, 11) is 0. The molecule has 0 spiro atoms. The molecule has 0 atom stereocenters. The number of hydrazone groups is 1. The summed E-state index contributed by atoms with van der Waals surface area (Å²) in [5.74, 6) is 0. The lowest BCUT2D eigenvalue weighted by atomic mass is 10.2. The van der Waals surface area contributed by atoms with Crippen LogP contribution in [-0.4, -0.2) is 11.3 Å². The van der Waals surface area contributed by atoms with Crippen molar-refractivity contribution in [2.24, 2.45) is 10.8 Å². The second-order valence-electron chi connectivity index (χ2n) is 2.40. The van der Waals surface area contributed by atoms with Gasteiger partial charge in [-0.2, -0.15) is 5.10 Å². The monoisotopic (exact) mass is 194 g/mol. The maximum absolute atomic E-state index is 5.56. The van der Waals surface area contributed by atoms with E-state index in [-0.39, 0.29) is 5.11 Å². The van der Waals surface area contributed by atoms with Crippen molar-refractivity contribution in [3.05, 3.63) is 29.8 Å². The van der Waals surface area contributed by atoms with E-state index in [1.165, 1.54) is 0 Å².